The summed E-state index contributed by atoms with van der Waals surface area (Å²) in [5, 5.41) is 2.96. The first-order valence-corrected chi connectivity index (χ1v) is 7.77. The van der Waals surface area contributed by atoms with E-state index < -0.39 is 0 Å². The van der Waals surface area contributed by atoms with Crippen LogP contribution in [0.2, 0.25) is 0 Å². The Bertz CT molecular complexity index is 684. The lowest BCUT2D eigenvalue weighted by Crippen LogP contribution is -2.26. The van der Waals surface area contributed by atoms with Gasteiger partial charge in [0.25, 0.3) is 5.91 Å². The molecule has 4 heteroatoms. The summed E-state index contributed by atoms with van der Waals surface area (Å²) in [6, 6.07) is 8.95. The predicted octanol–water partition coefficient (Wildman–Crippen LogP) is 3.55. The normalized spacial score (nSPS) is 14.1. The number of halogens is 1. The van der Waals surface area contributed by atoms with Crippen molar-refractivity contribution in [2.45, 2.75) is 39.2 Å². The molecule has 3 nitrogen and oxygen atoms in total. The van der Waals surface area contributed by atoms with E-state index in [1.807, 2.05) is 13.0 Å². The van der Waals surface area contributed by atoms with Gasteiger partial charge in [-0.1, -0.05) is 12.1 Å². The zero-order valence-corrected chi connectivity index (χ0v) is 13.0. The molecular weight excluding hydrogens is 279 g/mol. The summed E-state index contributed by atoms with van der Waals surface area (Å²) < 4.78 is 15.1. The van der Waals surface area contributed by atoms with Gasteiger partial charge in [0, 0.05) is 24.0 Å². The number of aromatic nitrogens is 1. The van der Waals surface area contributed by atoms with Crippen LogP contribution in [-0.2, 0) is 6.42 Å². The van der Waals surface area contributed by atoms with Crippen LogP contribution >= 0.6 is 0 Å². The highest BCUT2D eigenvalue weighted by atomic mass is 19.1. The molecule has 0 bridgehead atoms. The van der Waals surface area contributed by atoms with Gasteiger partial charge in [-0.25, -0.2) is 4.39 Å². The summed E-state index contributed by atoms with van der Waals surface area (Å²) in [4.78, 5) is 12.3. The first kappa shape index (κ1) is 14.8. The molecule has 1 aliphatic rings. The van der Waals surface area contributed by atoms with E-state index in [1.165, 1.54) is 25.0 Å². The lowest BCUT2D eigenvalue weighted by atomic mass is 10.1. The van der Waals surface area contributed by atoms with E-state index in [4.69, 9.17) is 0 Å². The topological polar surface area (TPSA) is 34.0 Å². The van der Waals surface area contributed by atoms with Gasteiger partial charge in [-0.05, 0) is 56.9 Å². The molecule has 1 aromatic carbocycles. The number of carbonyl (C=O) groups is 1. The molecule has 1 saturated carbocycles. The molecule has 1 fully saturated rings. The van der Waals surface area contributed by atoms with Gasteiger partial charge in [-0.3, -0.25) is 4.79 Å². The molecular formula is C18H21FN2O. The molecule has 0 spiro atoms. The first-order chi connectivity index (χ1) is 10.6. The van der Waals surface area contributed by atoms with Crippen molar-refractivity contribution in [1.29, 1.82) is 0 Å². The SMILES string of the molecule is Cc1cc(C(=O)NCCc2ccc(F)cc2)c(C)n1C1CC1. The molecule has 1 amide bonds. The lowest BCUT2D eigenvalue weighted by molar-refractivity contribution is 0.0953. The van der Waals surface area contributed by atoms with Crippen LogP contribution in [0.4, 0.5) is 4.39 Å². The first-order valence-electron chi connectivity index (χ1n) is 7.77. The van der Waals surface area contributed by atoms with Crippen LogP contribution in [0.1, 0.15) is 46.2 Å². The second kappa shape index (κ2) is 5.95. The van der Waals surface area contributed by atoms with Crippen molar-refractivity contribution in [2.24, 2.45) is 0 Å². The second-order valence-electron chi connectivity index (χ2n) is 6.02. The van der Waals surface area contributed by atoms with Gasteiger partial charge in [0.15, 0.2) is 0 Å². The van der Waals surface area contributed by atoms with Crippen molar-refractivity contribution < 1.29 is 9.18 Å². The third kappa shape index (κ3) is 3.06. The molecule has 0 unspecified atom stereocenters. The smallest absolute Gasteiger partial charge is 0.253 e. The molecule has 0 radical (unpaired) electrons. The zero-order valence-electron chi connectivity index (χ0n) is 13.0. The Morgan fingerprint density at radius 3 is 2.59 bits per heavy atom. The highest BCUT2D eigenvalue weighted by molar-refractivity contribution is 5.95. The van der Waals surface area contributed by atoms with Crippen molar-refractivity contribution >= 4 is 5.91 Å². The van der Waals surface area contributed by atoms with Crippen molar-refractivity contribution in [3.05, 3.63) is 58.7 Å². The van der Waals surface area contributed by atoms with E-state index in [0.717, 1.165) is 22.5 Å². The zero-order chi connectivity index (χ0) is 15.7. The number of hydrogen-bond donors (Lipinski definition) is 1. The van der Waals surface area contributed by atoms with Crippen molar-refractivity contribution in [2.75, 3.05) is 6.54 Å². The van der Waals surface area contributed by atoms with Crippen LogP contribution in [0.3, 0.4) is 0 Å². The summed E-state index contributed by atoms with van der Waals surface area (Å²) in [6.45, 7) is 4.62. The number of rotatable bonds is 5. The molecule has 22 heavy (non-hydrogen) atoms. The molecule has 116 valence electrons. The van der Waals surface area contributed by atoms with Crippen LogP contribution in [0, 0.1) is 19.7 Å². The molecule has 1 aromatic heterocycles. The van der Waals surface area contributed by atoms with E-state index in [9.17, 15) is 9.18 Å². The summed E-state index contributed by atoms with van der Waals surface area (Å²) in [6.07, 6.45) is 3.12. The van der Waals surface area contributed by atoms with E-state index in [2.05, 4.69) is 16.8 Å². The third-order valence-corrected chi connectivity index (χ3v) is 4.25. The second-order valence-corrected chi connectivity index (χ2v) is 6.02. The van der Waals surface area contributed by atoms with E-state index in [0.29, 0.717) is 19.0 Å². The molecule has 1 N–H and O–H groups in total. The Morgan fingerprint density at radius 2 is 1.95 bits per heavy atom. The quantitative estimate of drug-likeness (QED) is 0.900. The number of carbonyl (C=O) groups excluding carboxylic acids is 1. The maximum Gasteiger partial charge on any atom is 0.253 e. The minimum Gasteiger partial charge on any atom is -0.352 e. The number of aryl methyl sites for hydroxylation is 1. The van der Waals surface area contributed by atoms with Gasteiger partial charge in [0.1, 0.15) is 5.82 Å². The van der Waals surface area contributed by atoms with Gasteiger partial charge >= 0.3 is 0 Å². The maximum absolute atomic E-state index is 12.8. The highest BCUT2D eigenvalue weighted by Crippen LogP contribution is 2.38. The summed E-state index contributed by atoms with van der Waals surface area (Å²) >= 11 is 0. The summed E-state index contributed by atoms with van der Waals surface area (Å²) in [5.41, 5.74) is 4.00. The minimum atomic E-state index is -0.236. The fraction of sp³-hybridized carbons (Fsp3) is 0.389. The van der Waals surface area contributed by atoms with E-state index in [1.54, 1.807) is 12.1 Å². The Labute approximate surface area is 130 Å². The molecule has 0 aliphatic heterocycles. The fourth-order valence-corrected chi connectivity index (χ4v) is 2.97. The van der Waals surface area contributed by atoms with Crippen molar-refractivity contribution in [1.82, 2.24) is 9.88 Å². The molecule has 2 aromatic rings. The number of hydrogen-bond acceptors (Lipinski definition) is 1. The van der Waals surface area contributed by atoms with Crippen LogP contribution in [0.15, 0.2) is 30.3 Å². The van der Waals surface area contributed by atoms with Crippen LogP contribution in [0.5, 0.6) is 0 Å². The monoisotopic (exact) mass is 300 g/mol. The van der Waals surface area contributed by atoms with Gasteiger partial charge in [-0.15, -0.1) is 0 Å². The average molecular weight is 300 g/mol. The lowest BCUT2D eigenvalue weighted by Gasteiger charge is -2.08. The molecule has 1 aliphatic carbocycles. The van der Waals surface area contributed by atoms with E-state index >= 15 is 0 Å². The van der Waals surface area contributed by atoms with Gasteiger partial charge in [-0.2, -0.15) is 0 Å². The van der Waals surface area contributed by atoms with Gasteiger partial charge < -0.3 is 9.88 Å². The predicted molar refractivity (Wildman–Crippen MR) is 84.6 cm³/mol. The fourth-order valence-electron chi connectivity index (χ4n) is 2.97. The maximum atomic E-state index is 12.8. The average Bonchev–Trinajstić information content (AvgIpc) is 3.27. The molecule has 1 heterocycles. The van der Waals surface area contributed by atoms with Crippen LogP contribution < -0.4 is 5.32 Å². The number of nitrogens with zero attached hydrogens (tertiary/aromatic N) is 1. The van der Waals surface area contributed by atoms with Crippen LogP contribution in [-0.4, -0.2) is 17.0 Å². The van der Waals surface area contributed by atoms with Gasteiger partial charge in [0.2, 0.25) is 0 Å². The summed E-state index contributed by atoms with van der Waals surface area (Å²) in [7, 11) is 0. The number of nitrogens with one attached hydrogen (secondary N) is 1. The Kier molecular flexibility index (Phi) is 4.01. The third-order valence-electron chi connectivity index (χ3n) is 4.25. The summed E-state index contributed by atoms with van der Waals surface area (Å²) in [5.74, 6) is -0.262. The number of amides is 1. The van der Waals surface area contributed by atoms with Crippen molar-refractivity contribution in [3.8, 4) is 0 Å². The van der Waals surface area contributed by atoms with Crippen LogP contribution in [0.25, 0.3) is 0 Å². The Morgan fingerprint density at radius 1 is 1.27 bits per heavy atom. The highest BCUT2D eigenvalue weighted by Gasteiger charge is 2.28. The standard InChI is InChI=1S/C18H21FN2O/c1-12-11-17(13(2)21(12)16-7-8-16)18(22)20-10-9-14-3-5-15(19)6-4-14/h3-6,11,16H,7-10H2,1-2H3,(H,20,22). The molecule has 0 saturated heterocycles. The van der Waals surface area contributed by atoms with E-state index in [-0.39, 0.29) is 11.7 Å². The largest absolute Gasteiger partial charge is 0.352 e. The molecule has 3 rings (SSSR count). The Balaban J connectivity index is 1.60. The number of benzene rings is 1. The Hall–Kier alpha value is -2.10. The van der Waals surface area contributed by atoms with Crippen molar-refractivity contribution in [3.63, 3.8) is 0 Å². The van der Waals surface area contributed by atoms with Gasteiger partial charge in [0.05, 0.1) is 5.56 Å². The molecule has 0 atom stereocenters. The minimum absolute atomic E-state index is 0.0258.